The molecule has 1 aromatic carbocycles. The lowest BCUT2D eigenvalue weighted by Gasteiger charge is -2.30. The standard InChI is InChI=1S/C18H23N/c1-12-3-5-16-14(9-12)11-15-10-13(2)4-6-17(15)18(16)7-8-19/h11-13H,3-7,9-10H2,1-2H3. The second-order valence-corrected chi connectivity index (χ2v) is 6.66. The summed E-state index contributed by atoms with van der Waals surface area (Å²) >= 11 is 0. The molecule has 0 bridgehead atoms. The lowest BCUT2D eigenvalue weighted by molar-refractivity contribution is 0.482. The first-order chi connectivity index (χ1) is 9.19. The molecule has 1 heteroatoms. The van der Waals surface area contributed by atoms with Crippen LogP contribution in [0.2, 0.25) is 0 Å². The van der Waals surface area contributed by atoms with Gasteiger partial charge in [0.25, 0.3) is 0 Å². The minimum atomic E-state index is 0.619. The van der Waals surface area contributed by atoms with Crippen molar-refractivity contribution in [2.24, 2.45) is 11.8 Å². The van der Waals surface area contributed by atoms with Crippen LogP contribution in [0.4, 0.5) is 0 Å². The van der Waals surface area contributed by atoms with Crippen molar-refractivity contribution in [3.8, 4) is 6.07 Å². The number of fused-ring (bicyclic) bond motifs is 2. The van der Waals surface area contributed by atoms with Crippen LogP contribution >= 0.6 is 0 Å². The highest BCUT2D eigenvalue weighted by atomic mass is 14.3. The van der Waals surface area contributed by atoms with Crippen LogP contribution in [0.5, 0.6) is 0 Å². The predicted molar refractivity (Wildman–Crippen MR) is 78.1 cm³/mol. The maximum absolute atomic E-state index is 9.18. The molecule has 0 aromatic heterocycles. The van der Waals surface area contributed by atoms with E-state index in [1.54, 1.807) is 11.1 Å². The van der Waals surface area contributed by atoms with Gasteiger partial charge >= 0.3 is 0 Å². The molecule has 2 aliphatic rings. The van der Waals surface area contributed by atoms with E-state index in [0.29, 0.717) is 6.42 Å². The third kappa shape index (κ3) is 2.29. The Morgan fingerprint density at radius 3 is 2.05 bits per heavy atom. The normalized spacial score (nSPS) is 25.3. The zero-order valence-corrected chi connectivity index (χ0v) is 12.1. The third-order valence-corrected chi connectivity index (χ3v) is 5.02. The Balaban J connectivity index is 2.12. The molecule has 3 rings (SSSR count). The Labute approximate surface area is 116 Å². The molecule has 2 atom stereocenters. The van der Waals surface area contributed by atoms with Gasteiger partial charge in [0.2, 0.25) is 0 Å². The van der Waals surface area contributed by atoms with Crippen LogP contribution < -0.4 is 0 Å². The summed E-state index contributed by atoms with van der Waals surface area (Å²) in [4.78, 5) is 0. The van der Waals surface area contributed by atoms with E-state index in [0.717, 1.165) is 11.8 Å². The summed E-state index contributed by atoms with van der Waals surface area (Å²) in [6.45, 7) is 4.71. The van der Waals surface area contributed by atoms with Gasteiger partial charge in [-0.15, -0.1) is 0 Å². The molecule has 0 spiro atoms. The lowest BCUT2D eigenvalue weighted by atomic mass is 9.74. The molecule has 0 amide bonds. The van der Waals surface area contributed by atoms with Crippen molar-refractivity contribution in [3.63, 3.8) is 0 Å². The summed E-state index contributed by atoms with van der Waals surface area (Å²) < 4.78 is 0. The summed E-state index contributed by atoms with van der Waals surface area (Å²) in [6.07, 6.45) is 8.02. The van der Waals surface area contributed by atoms with E-state index < -0.39 is 0 Å². The van der Waals surface area contributed by atoms with E-state index in [9.17, 15) is 5.26 Å². The Bertz CT molecular complexity index is 497. The number of nitriles is 1. The molecule has 0 radical (unpaired) electrons. The van der Waals surface area contributed by atoms with Crippen LogP contribution in [0.25, 0.3) is 0 Å². The first-order valence-electron chi connectivity index (χ1n) is 7.71. The molecule has 2 unspecified atom stereocenters. The first-order valence-corrected chi connectivity index (χ1v) is 7.71. The molecule has 19 heavy (non-hydrogen) atoms. The van der Waals surface area contributed by atoms with Gasteiger partial charge in [-0.2, -0.15) is 5.26 Å². The van der Waals surface area contributed by atoms with Gasteiger partial charge in [0.05, 0.1) is 12.5 Å². The molecule has 0 fully saturated rings. The van der Waals surface area contributed by atoms with Gasteiger partial charge in [-0.05, 0) is 78.2 Å². The molecule has 100 valence electrons. The summed E-state index contributed by atoms with van der Waals surface area (Å²) in [7, 11) is 0. The van der Waals surface area contributed by atoms with Gasteiger partial charge in [-0.25, -0.2) is 0 Å². The maximum Gasteiger partial charge on any atom is 0.0669 e. The van der Waals surface area contributed by atoms with Crippen LogP contribution in [-0.2, 0) is 32.1 Å². The SMILES string of the molecule is CC1CCc2c(cc3c(c2CC#N)CCC(C)C3)C1. The fourth-order valence-electron chi connectivity index (χ4n) is 3.97. The Hall–Kier alpha value is -1.29. The molecule has 1 nitrogen and oxygen atoms in total. The zero-order chi connectivity index (χ0) is 13.4. The average Bonchev–Trinajstić information content (AvgIpc) is 2.37. The summed E-state index contributed by atoms with van der Waals surface area (Å²) in [6, 6.07) is 4.89. The van der Waals surface area contributed by atoms with Crippen molar-refractivity contribution in [1.29, 1.82) is 5.26 Å². The Morgan fingerprint density at radius 1 is 1.05 bits per heavy atom. The molecule has 1 aromatic rings. The quantitative estimate of drug-likeness (QED) is 0.742. The highest BCUT2D eigenvalue weighted by Crippen LogP contribution is 2.36. The van der Waals surface area contributed by atoms with E-state index in [-0.39, 0.29) is 0 Å². The molecule has 0 N–H and O–H groups in total. The summed E-state index contributed by atoms with van der Waals surface area (Å²) in [5.74, 6) is 1.61. The maximum atomic E-state index is 9.18. The van der Waals surface area contributed by atoms with Crippen molar-refractivity contribution < 1.29 is 0 Å². The van der Waals surface area contributed by atoms with Crippen LogP contribution in [0.3, 0.4) is 0 Å². The van der Waals surface area contributed by atoms with Gasteiger partial charge in [-0.1, -0.05) is 19.9 Å². The first kappa shape index (κ1) is 12.7. The van der Waals surface area contributed by atoms with Gasteiger partial charge in [0.15, 0.2) is 0 Å². The minimum Gasteiger partial charge on any atom is -0.198 e. The van der Waals surface area contributed by atoms with Crippen molar-refractivity contribution in [3.05, 3.63) is 33.9 Å². The fourth-order valence-corrected chi connectivity index (χ4v) is 3.97. The Kier molecular flexibility index (Phi) is 3.35. The highest BCUT2D eigenvalue weighted by molar-refractivity contribution is 5.49. The van der Waals surface area contributed by atoms with Crippen LogP contribution in [-0.4, -0.2) is 0 Å². The van der Waals surface area contributed by atoms with Crippen LogP contribution in [0, 0.1) is 23.2 Å². The van der Waals surface area contributed by atoms with Crippen molar-refractivity contribution in [2.75, 3.05) is 0 Å². The average molecular weight is 253 g/mol. The number of nitrogens with zero attached hydrogens (tertiary/aromatic N) is 1. The van der Waals surface area contributed by atoms with Gasteiger partial charge < -0.3 is 0 Å². The van der Waals surface area contributed by atoms with Crippen molar-refractivity contribution in [1.82, 2.24) is 0 Å². The lowest BCUT2D eigenvalue weighted by Crippen LogP contribution is -2.20. The molecule has 0 saturated carbocycles. The predicted octanol–water partition coefficient (Wildman–Crippen LogP) is 4.00. The largest absolute Gasteiger partial charge is 0.198 e. The number of rotatable bonds is 1. The fraction of sp³-hybridized carbons (Fsp3) is 0.611. The topological polar surface area (TPSA) is 23.8 Å². The van der Waals surface area contributed by atoms with E-state index in [2.05, 4.69) is 26.0 Å². The van der Waals surface area contributed by atoms with Gasteiger partial charge in [-0.3, -0.25) is 0 Å². The number of hydrogen-bond donors (Lipinski definition) is 0. The Morgan fingerprint density at radius 2 is 1.58 bits per heavy atom. The highest BCUT2D eigenvalue weighted by Gasteiger charge is 2.25. The van der Waals surface area contributed by atoms with E-state index in [4.69, 9.17) is 0 Å². The number of hydrogen-bond acceptors (Lipinski definition) is 1. The zero-order valence-electron chi connectivity index (χ0n) is 12.1. The van der Waals surface area contributed by atoms with Crippen molar-refractivity contribution >= 4 is 0 Å². The minimum absolute atomic E-state index is 0.619. The van der Waals surface area contributed by atoms with E-state index >= 15 is 0 Å². The smallest absolute Gasteiger partial charge is 0.0669 e. The second kappa shape index (κ2) is 5.00. The monoisotopic (exact) mass is 253 g/mol. The summed E-state index contributed by atoms with van der Waals surface area (Å²) in [5, 5.41) is 9.18. The molecular formula is C18H23N. The molecular weight excluding hydrogens is 230 g/mol. The number of benzene rings is 1. The van der Waals surface area contributed by atoms with Crippen molar-refractivity contribution in [2.45, 2.75) is 58.8 Å². The summed E-state index contributed by atoms with van der Waals surface area (Å²) in [5.41, 5.74) is 7.59. The van der Waals surface area contributed by atoms with Crippen LogP contribution in [0.15, 0.2) is 6.07 Å². The molecule has 0 aliphatic heterocycles. The van der Waals surface area contributed by atoms with Crippen LogP contribution in [0.1, 0.15) is 54.5 Å². The second-order valence-electron chi connectivity index (χ2n) is 6.66. The molecule has 0 heterocycles. The molecule has 0 saturated heterocycles. The van der Waals surface area contributed by atoms with E-state index in [1.165, 1.54) is 55.2 Å². The van der Waals surface area contributed by atoms with Gasteiger partial charge in [0.1, 0.15) is 0 Å². The van der Waals surface area contributed by atoms with E-state index in [1.807, 2.05) is 0 Å². The van der Waals surface area contributed by atoms with Gasteiger partial charge in [0, 0.05) is 0 Å². The molecule has 2 aliphatic carbocycles. The third-order valence-electron chi connectivity index (χ3n) is 5.02.